The first-order chi connectivity index (χ1) is 12.9. The van der Waals surface area contributed by atoms with Gasteiger partial charge in [-0.3, -0.25) is 0 Å². The van der Waals surface area contributed by atoms with Crippen LogP contribution in [0.25, 0.3) is 0 Å². The number of nitrogens with zero attached hydrogens (tertiary/aromatic N) is 5. The van der Waals surface area contributed by atoms with Crippen LogP contribution in [0.3, 0.4) is 0 Å². The summed E-state index contributed by atoms with van der Waals surface area (Å²) in [5, 5.41) is 42.7. The fourth-order valence-electron chi connectivity index (χ4n) is 2.56. The monoisotopic (exact) mass is 397 g/mol. The summed E-state index contributed by atoms with van der Waals surface area (Å²) in [6.45, 7) is 12.3. The number of oxime groups is 2. The van der Waals surface area contributed by atoms with Gasteiger partial charge in [0.25, 0.3) is 0 Å². The summed E-state index contributed by atoms with van der Waals surface area (Å²) >= 11 is 0. The van der Waals surface area contributed by atoms with Crippen LogP contribution >= 0.6 is 0 Å². The number of nitro groups is 1. The molecule has 11 heteroatoms. The van der Waals surface area contributed by atoms with Crippen molar-refractivity contribution in [2.75, 3.05) is 13.1 Å². The Morgan fingerprint density at radius 2 is 1.79 bits per heavy atom. The zero-order valence-electron chi connectivity index (χ0n) is 17.4. The van der Waals surface area contributed by atoms with Crippen LogP contribution in [0.4, 0.5) is 5.95 Å². The van der Waals surface area contributed by atoms with Gasteiger partial charge >= 0.3 is 5.95 Å². The predicted molar refractivity (Wildman–Crippen MR) is 107 cm³/mol. The van der Waals surface area contributed by atoms with E-state index in [1.165, 1.54) is 4.57 Å². The molecule has 0 aliphatic rings. The first kappa shape index (κ1) is 23.5. The molecule has 1 aromatic rings. The zero-order chi connectivity index (χ0) is 21.5. The Balaban J connectivity index is 2.64. The summed E-state index contributed by atoms with van der Waals surface area (Å²) in [5.41, 5.74) is 0.362. The highest BCUT2D eigenvalue weighted by Crippen LogP contribution is 2.15. The zero-order valence-corrected chi connectivity index (χ0v) is 17.4. The first-order valence-electron chi connectivity index (χ1n) is 9.03. The third-order valence-electron chi connectivity index (χ3n) is 4.74. The molecule has 11 nitrogen and oxygen atoms in total. The van der Waals surface area contributed by atoms with E-state index in [0.717, 1.165) is 6.42 Å². The summed E-state index contributed by atoms with van der Waals surface area (Å²) in [5.74, 6) is -0.290. The van der Waals surface area contributed by atoms with Crippen molar-refractivity contribution in [2.45, 2.75) is 65.6 Å². The lowest BCUT2D eigenvalue weighted by atomic mass is 9.97. The molecule has 0 aliphatic heterocycles. The third-order valence-corrected chi connectivity index (χ3v) is 4.74. The van der Waals surface area contributed by atoms with Gasteiger partial charge in [-0.1, -0.05) is 15.3 Å². The summed E-state index contributed by atoms with van der Waals surface area (Å²) < 4.78 is 1.36. The minimum Gasteiger partial charge on any atom is -0.411 e. The summed E-state index contributed by atoms with van der Waals surface area (Å²) in [6.07, 6.45) is 2.32. The van der Waals surface area contributed by atoms with Crippen molar-refractivity contribution in [3.8, 4) is 0 Å². The molecular weight excluding hydrogens is 366 g/mol. The van der Waals surface area contributed by atoms with E-state index in [0.29, 0.717) is 30.2 Å². The lowest BCUT2D eigenvalue weighted by Gasteiger charge is -2.28. The number of hydrogen-bond donors (Lipinski definition) is 4. The van der Waals surface area contributed by atoms with Crippen molar-refractivity contribution < 1.29 is 15.3 Å². The van der Waals surface area contributed by atoms with E-state index in [1.807, 2.05) is 27.7 Å². The summed E-state index contributed by atoms with van der Waals surface area (Å²) in [4.78, 5) is 14.4. The molecule has 0 unspecified atom stereocenters. The Kier molecular flexibility index (Phi) is 8.06. The topological polar surface area (TPSA) is 150 Å². The van der Waals surface area contributed by atoms with Crippen LogP contribution in [-0.4, -0.2) is 60.5 Å². The second-order valence-electron chi connectivity index (χ2n) is 7.76. The molecule has 0 fully saturated rings. The van der Waals surface area contributed by atoms with Crippen LogP contribution in [0, 0.1) is 17.0 Å². The molecule has 0 radical (unpaired) electrons. The average molecular weight is 397 g/mol. The first-order valence-corrected chi connectivity index (χ1v) is 9.03. The number of nitrogens with one attached hydrogen (secondary N) is 2. The number of imidazole rings is 1. The SMILES string of the molecule is C/C(=N/O)C(C)(C)NCCCNC(C)(C)/C(Cn1cc(C)nc1[N+](=O)[O-])=N/O. The molecule has 0 saturated heterocycles. The van der Waals surface area contributed by atoms with Crippen molar-refractivity contribution in [1.29, 1.82) is 0 Å². The van der Waals surface area contributed by atoms with Crippen LogP contribution in [0.15, 0.2) is 16.5 Å². The average Bonchev–Trinajstić information content (AvgIpc) is 2.98. The van der Waals surface area contributed by atoms with E-state index in [1.54, 1.807) is 20.0 Å². The van der Waals surface area contributed by atoms with Gasteiger partial charge < -0.3 is 31.2 Å². The summed E-state index contributed by atoms with van der Waals surface area (Å²) in [6, 6.07) is 0. The highest BCUT2D eigenvalue weighted by molar-refractivity contribution is 5.92. The van der Waals surface area contributed by atoms with Crippen molar-refractivity contribution in [3.05, 3.63) is 22.0 Å². The number of aryl methyl sites for hydroxylation is 1. The van der Waals surface area contributed by atoms with E-state index >= 15 is 0 Å². The lowest BCUT2D eigenvalue weighted by Crippen LogP contribution is -2.50. The maximum atomic E-state index is 11.1. The number of hydrogen-bond acceptors (Lipinski definition) is 9. The molecule has 1 heterocycles. The van der Waals surface area contributed by atoms with Crippen molar-refractivity contribution in [1.82, 2.24) is 20.2 Å². The largest absolute Gasteiger partial charge is 0.435 e. The Bertz CT molecular complexity index is 738. The van der Waals surface area contributed by atoms with E-state index in [-0.39, 0.29) is 12.5 Å². The highest BCUT2D eigenvalue weighted by atomic mass is 16.6. The smallest absolute Gasteiger partial charge is 0.411 e. The minimum absolute atomic E-state index is 0.0467. The highest BCUT2D eigenvalue weighted by Gasteiger charge is 2.29. The molecule has 0 aromatic carbocycles. The fraction of sp³-hybridized carbons (Fsp3) is 0.706. The molecule has 1 aromatic heterocycles. The van der Waals surface area contributed by atoms with Crippen LogP contribution in [0.5, 0.6) is 0 Å². The van der Waals surface area contributed by atoms with E-state index < -0.39 is 16.0 Å². The Hall–Kier alpha value is -2.53. The van der Waals surface area contributed by atoms with E-state index in [2.05, 4.69) is 25.9 Å². The fourth-order valence-corrected chi connectivity index (χ4v) is 2.56. The second-order valence-corrected chi connectivity index (χ2v) is 7.76. The molecule has 0 bridgehead atoms. The normalized spacial score (nSPS) is 13.8. The molecule has 158 valence electrons. The van der Waals surface area contributed by atoms with Crippen molar-refractivity contribution in [2.24, 2.45) is 10.3 Å². The maximum Gasteiger partial charge on any atom is 0.435 e. The molecule has 0 spiro atoms. The lowest BCUT2D eigenvalue weighted by molar-refractivity contribution is -0.396. The van der Waals surface area contributed by atoms with Crippen molar-refractivity contribution >= 4 is 17.4 Å². The van der Waals surface area contributed by atoms with Gasteiger partial charge in [-0.2, -0.15) is 0 Å². The molecule has 0 saturated carbocycles. The van der Waals surface area contributed by atoms with Gasteiger partial charge in [0.15, 0.2) is 0 Å². The molecule has 28 heavy (non-hydrogen) atoms. The second kappa shape index (κ2) is 9.60. The minimum atomic E-state index is -0.682. The predicted octanol–water partition coefficient (Wildman–Crippen LogP) is 1.91. The quantitative estimate of drug-likeness (QED) is 0.146. The van der Waals surface area contributed by atoms with Crippen LogP contribution in [-0.2, 0) is 6.54 Å². The Morgan fingerprint density at radius 3 is 2.29 bits per heavy atom. The summed E-state index contributed by atoms with van der Waals surface area (Å²) in [7, 11) is 0. The van der Waals surface area contributed by atoms with Gasteiger partial charge in [-0.25, -0.2) is 4.57 Å². The number of rotatable bonds is 11. The number of aromatic nitrogens is 2. The molecule has 4 N–H and O–H groups in total. The third kappa shape index (κ3) is 6.27. The van der Waals surface area contributed by atoms with Gasteiger partial charge in [0.05, 0.1) is 16.8 Å². The van der Waals surface area contributed by atoms with Crippen LogP contribution in [0.2, 0.25) is 0 Å². The molecule has 0 aliphatic carbocycles. The van der Waals surface area contributed by atoms with Crippen LogP contribution < -0.4 is 10.6 Å². The van der Waals surface area contributed by atoms with Crippen LogP contribution in [0.1, 0.15) is 46.7 Å². The van der Waals surface area contributed by atoms with Gasteiger partial charge in [0.2, 0.25) is 0 Å². The van der Waals surface area contributed by atoms with Gasteiger partial charge in [-0.05, 0) is 66.0 Å². The molecule has 0 amide bonds. The molecule has 0 atom stereocenters. The van der Waals surface area contributed by atoms with E-state index in [9.17, 15) is 15.3 Å². The van der Waals surface area contributed by atoms with Gasteiger partial charge in [0.1, 0.15) is 24.1 Å². The standard InChI is InChI=1S/C17H31N7O4/c1-12-10-23(15(20-12)24(27)28)11-14(22-26)17(5,6)19-9-7-8-18-16(3,4)13(2)21-25/h10,18-19,25-26H,7-9,11H2,1-6H3/b21-13-,22-14+. The van der Waals surface area contributed by atoms with Crippen molar-refractivity contribution in [3.63, 3.8) is 0 Å². The molecule has 1 rings (SSSR count). The van der Waals surface area contributed by atoms with Gasteiger partial charge in [-0.15, -0.1) is 0 Å². The Morgan fingerprint density at radius 1 is 1.21 bits per heavy atom. The maximum absolute atomic E-state index is 11.1. The molecular formula is C17H31N7O4. The van der Waals surface area contributed by atoms with E-state index in [4.69, 9.17) is 5.21 Å². The Labute approximate surface area is 164 Å². The van der Waals surface area contributed by atoms with Gasteiger partial charge in [0, 0.05) is 0 Å².